The van der Waals surface area contributed by atoms with Crippen LogP contribution in [0, 0.1) is 12.7 Å². The van der Waals surface area contributed by atoms with E-state index in [1.54, 1.807) is 16.8 Å². The van der Waals surface area contributed by atoms with Gasteiger partial charge in [0.05, 0.1) is 16.4 Å². The van der Waals surface area contributed by atoms with Crippen LogP contribution in [0.2, 0.25) is 5.02 Å². The molecule has 1 aromatic heterocycles. The van der Waals surface area contributed by atoms with Crippen LogP contribution in [-0.4, -0.2) is 9.78 Å². The zero-order valence-corrected chi connectivity index (χ0v) is 12.7. The Morgan fingerprint density at radius 2 is 2.15 bits per heavy atom. The molecular formula is C15H19ClFN3. The van der Waals surface area contributed by atoms with Crippen molar-refractivity contribution in [2.24, 2.45) is 12.8 Å². The zero-order valence-electron chi connectivity index (χ0n) is 12.0. The van der Waals surface area contributed by atoms with Gasteiger partial charge in [0, 0.05) is 25.1 Å². The molecule has 20 heavy (non-hydrogen) atoms. The van der Waals surface area contributed by atoms with Crippen molar-refractivity contribution in [3.05, 3.63) is 51.6 Å². The van der Waals surface area contributed by atoms with Crippen molar-refractivity contribution >= 4 is 11.6 Å². The number of rotatable bonds is 4. The smallest absolute Gasteiger partial charge is 0.128 e. The van der Waals surface area contributed by atoms with E-state index >= 15 is 0 Å². The molecule has 2 N–H and O–H groups in total. The second-order valence-corrected chi connectivity index (χ2v) is 5.40. The van der Waals surface area contributed by atoms with Crippen LogP contribution in [0.1, 0.15) is 35.5 Å². The van der Waals surface area contributed by atoms with Crippen molar-refractivity contribution in [1.82, 2.24) is 9.78 Å². The first-order valence-corrected chi connectivity index (χ1v) is 7.03. The van der Waals surface area contributed by atoms with Crippen LogP contribution in [0.25, 0.3) is 0 Å². The normalized spacial score (nSPS) is 12.7. The van der Waals surface area contributed by atoms with Crippen LogP contribution in [-0.2, 0) is 19.9 Å². The second kappa shape index (κ2) is 5.94. The second-order valence-electron chi connectivity index (χ2n) is 5.02. The van der Waals surface area contributed by atoms with Gasteiger partial charge in [-0.1, -0.05) is 36.2 Å². The van der Waals surface area contributed by atoms with E-state index in [1.807, 2.05) is 20.9 Å². The van der Waals surface area contributed by atoms with Crippen molar-refractivity contribution in [1.29, 1.82) is 0 Å². The summed E-state index contributed by atoms with van der Waals surface area (Å²) in [6.45, 7) is 3.92. The average molecular weight is 296 g/mol. The summed E-state index contributed by atoms with van der Waals surface area (Å²) in [5.41, 5.74) is 9.34. The van der Waals surface area contributed by atoms with Gasteiger partial charge in [-0.2, -0.15) is 5.10 Å². The minimum absolute atomic E-state index is 0.280. The Morgan fingerprint density at radius 3 is 2.75 bits per heavy atom. The SMILES string of the molecule is CCc1nn(C)c(CC(N)c2cc(C)ccc2F)c1Cl. The highest BCUT2D eigenvalue weighted by molar-refractivity contribution is 6.31. The monoisotopic (exact) mass is 295 g/mol. The van der Waals surface area contributed by atoms with Crippen molar-refractivity contribution in [3.8, 4) is 0 Å². The molecule has 1 atom stereocenters. The third-order valence-corrected chi connectivity index (χ3v) is 3.90. The first-order valence-electron chi connectivity index (χ1n) is 6.65. The van der Waals surface area contributed by atoms with Crippen molar-refractivity contribution in [2.75, 3.05) is 0 Å². The van der Waals surface area contributed by atoms with Gasteiger partial charge in [-0.25, -0.2) is 4.39 Å². The third-order valence-electron chi connectivity index (χ3n) is 3.47. The molecule has 0 aliphatic rings. The molecular weight excluding hydrogens is 277 g/mol. The molecule has 0 spiro atoms. The van der Waals surface area contributed by atoms with Gasteiger partial charge < -0.3 is 5.73 Å². The molecule has 1 aromatic carbocycles. The van der Waals surface area contributed by atoms with E-state index in [4.69, 9.17) is 17.3 Å². The molecule has 3 nitrogen and oxygen atoms in total. The maximum atomic E-state index is 13.9. The highest BCUT2D eigenvalue weighted by Gasteiger charge is 2.19. The highest BCUT2D eigenvalue weighted by atomic mass is 35.5. The summed E-state index contributed by atoms with van der Waals surface area (Å²) in [4.78, 5) is 0. The summed E-state index contributed by atoms with van der Waals surface area (Å²) in [5, 5.41) is 4.99. The van der Waals surface area contributed by atoms with E-state index in [1.165, 1.54) is 6.07 Å². The lowest BCUT2D eigenvalue weighted by Gasteiger charge is -2.14. The molecule has 0 aliphatic carbocycles. The molecule has 0 fully saturated rings. The van der Waals surface area contributed by atoms with Gasteiger partial charge in [-0.3, -0.25) is 4.68 Å². The van der Waals surface area contributed by atoms with Gasteiger partial charge >= 0.3 is 0 Å². The lowest BCUT2D eigenvalue weighted by Crippen LogP contribution is -2.17. The molecule has 2 aromatic rings. The van der Waals surface area contributed by atoms with Gasteiger partial charge in [0.2, 0.25) is 0 Å². The van der Waals surface area contributed by atoms with Gasteiger partial charge in [0.15, 0.2) is 0 Å². The van der Waals surface area contributed by atoms with E-state index in [9.17, 15) is 4.39 Å². The highest BCUT2D eigenvalue weighted by Crippen LogP contribution is 2.26. The fraction of sp³-hybridized carbons (Fsp3) is 0.400. The number of halogens is 2. The van der Waals surface area contributed by atoms with E-state index in [0.29, 0.717) is 17.0 Å². The van der Waals surface area contributed by atoms with Crippen molar-refractivity contribution < 1.29 is 4.39 Å². The minimum Gasteiger partial charge on any atom is -0.324 e. The van der Waals surface area contributed by atoms with Crippen LogP contribution in [0.5, 0.6) is 0 Å². The maximum Gasteiger partial charge on any atom is 0.128 e. The molecule has 0 radical (unpaired) electrons. The van der Waals surface area contributed by atoms with Crippen LogP contribution in [0.15, 0.2) is 18.2 Å². The largest absolute Gasteiger partial charge is 0.324 e. The maximum absolute atomic E-state index is 13.9. The van der Waals surface area contributed by atoms with Gasteiger partial charge in [0.25, 0.3) is 0 Å². The lowest BCUT2D eigenvalue weighted by atomic mass is 10.00. The van der Waals surface area contributed by atoms with Crippen LogP contribution < -0.4 is 5.73 Å². The molecule has 1 heterocycles. The van der Waals surface area contributed by atoms with Crippen LogP contribution >= 0.6 is 11.6 Å². The number of aromatic nitrogens is 2. The summed E-state index contributed by atoms with van der Waals surface area (Å²) in [6, 6.07) is 4.53. The fourth-order valence-electron chi connectivity index (χ4n) is 2.31. The molecule has 0 saturated heterocycles. The number of aryl methyl sites for hydroxylation is 3. The van der Waals surface area contributed by atoms with Gasteiger partial charge in [-0.05, 0) is 19.4 Å². The standard InChI is InChI=1S/C15H19ClFN3/c1-4-13-15(16)14(20(3)19-13)8-12(18)10-7-9(2)5-6-11(10)17/h5-7,12H,4,8,18H2,1-3H3. The van der Waals surface area contributed by atoms with Crippen LogP contribution in [0.4, 0.5) is 4.39 Å². The Labute approximate surface area is 123 Å². The Bertz CT molecular complexity index is 622. The van der Waals surface area contributed by atoms with E-state index in [-0.39, 0.29) is 5.82 Å². The average Bonchev–Trinajstić information content (AvgIpc) is 2.68. The number of benzene rings is 1. The number of nitrogens with zero attached hydrogens (tertiary/aromatic N) is 2. The molecule has 1 unspecified atom stereocenters. The molecule has 0 amide bonds. The summed E-state index contributed by atoms with van der Waals surface area (Å²) in [7, 11) is 1.83. The quantitative estimate of drug-likeness (QED) is 0.940. The zero-order chi connectivity index (χ0) is 14.9. The summed E-state index contributed by atoms with van der Waals surface area (Å²) in [6.07, 6.45) is 1.23. The van der Waals surface area contributed by atoms with Gasteiger partial charge in [0.1, 0.15) is 5.82 Å². The first-order chi connectivity index (χ1) is 9.43. The van der Waals surface area contributed by atoms with Crippen molar-refractivity contribution in [3.63, 3.8) is 0 Å². The minimum atomic E-state index is -0.437. The Morgan fingerprint density at radius 1 is 1.45 bits per heavy atom. The fourth-order valence-corrected chi connectivity index (χ4v) is 2.68. The Hall–Kier alpha value is -1.39. The summed E-state index contributed by atoms with van der Waals surface area (Å²) in [5.74, 6) is -0.280. The predicted molar refractivity (Wildman–Crippen MR) is 79.4 cm³/mol. The Kier molecular flexibility index (Phi) is 4.45. The summed E-state index contributed by atoms with van der Waals surface area (Å²) >= 11 is 6.30. The number of nitrogens with two attached hydrogens (primary N) is 1. The number of hydrogen-bond donors (Lipinski definition) is 1. The summed E-state index contributed by atoms with van der Waals surface area (Å²) < 4.78 is 15.6. The van der Waals surface area contributed by atoms with E-state index in [2.05, 4.69) is 5.10 Å². The Balaban J connectivity index is 2.30. The first kappa shape index (κ1) is 15.0. The number of hydrogen-bond acceptors (Lipinski definition) is 2. The molecule has 0 bridgehead atoms. The lowest BCUT2D eigenvalue weighted by molar-refractivity contribution is 0.568. The molecule has 2 rings (SSSR count). The topological polar surface area (TPSA) is 43.8 Å². The van der Waals surface area contributed by atoms with Gasteiger partial charge in [-0.15, -0.1) is 0 Å². The molecule has 0 aliphatic heterocycles. The molecule has 0 saturated carbocycles. The molecule has 5 heteroatoms. The van der Waals surface area contributed by atoms with E-state index in [0.717, 1.165) is 23.4 Å². The predicted octanol–water partition coefficient (Wildman–Crippen LogP) is 3.33. The molecule has 108 valence electrons. The van der Waals surface area contributed by atoms with E-state index < -0.39 is 6.04 Å². The van der Waals surface area contributed by atoms with Crippen LogP contribution in [0.3, 0.4) is 0 Å². The van der Waals surface area contributed by atoms with Crippen molar-refractivity contribution in [2.45, 2.75) is 32.7 Å². The third kappa shape index (κ3) is 2.86.